The third-order valence-electron chi connectivity index (χ3n) is 2.40. The fraction of sp³-hybridized carbons (Fsp3) is 0.0833. The number of hydrogen-bond acceptors (Lipinski definition) is 5. The lowest BCUT2D eigenvalue weighted by Gasteiger charge is -2.06. The van der Waals surface area contributed by atoms with Crippen molar-refractivity contribution in [2.24, 2.45) is 0 Å². The maximum Gasteiger partial charge on any atom is 0.295 e. The molecule has 0 aliphatic carbocycles. The van der Waals surface area contributed by atoms with Crippen LogP contribution in [0.3, 0.4) is 0 Å². The van der Waals surface area contributed by atoms with E-state index >= 15 is 0 Å². The average molecular weight is 329 g/mol. The lowest BCUT2D eigenvalue weighted by Crippen LogP contribution is -2.02. The molecule has 2 aromatic carbocycles. The van der Waals surface area contributed by atoms with Gasteiger partial charge in [0.25, 0.3) is 20.2 Å². The molecule has 0 aromatic heterocycles. The van der Waals surface area contributed by atoms with Crippen LogP contribution in [0.25, 0.3) is 10.8 Å². The standard InChI is InChI=1S/C10H8O6S2.C2H3N/c11-17(12,13)9-5-1-3-7-8(9)4-2-6-10(7)18(14,15)16;1-2-3/h1-6H,(H,11,12,13)(H,14,15,16);1H3. The summed E-state index contributed by atoms with van der Waals surface area (Å²) in [5.41, 5.74) is 0. The molecule has 0 bridgehead atoms. The van der Waals surface area contributed by atoms with Crippen LogP contribution in [0.2, 0.25) is 0 Å². The Morgan fingerprint density at radius 2 is 1.14 bits per heavy atom. The Hall–Kier alpha value is -1.99. The Labute approximate surface area is 121 Å². The number of benzene rings is 2. The molecule has 2 aromatic rings. The number of nitrogens with zero attached hydrogens (tertiary/aromatic N) is 1. The summed E-state index contributed by atoms with van der Waals surface area (Å²) < 4.78 is 62.7. The minimum atomic E-state index is -4.47. The highest BCUT2D eigenvalue weighted by Crippen LogP contribution is 2.27. The third-order valence-corrected chi connectivity index (χ3v) is 4.22. The van der Waals surface area contributed by atoms with Crippen LogP contribution in [0.1, 0.15) is 6.92 Å². The van der Waals surface area contributed by atoms with Crippen LogP contribution in [0.15, 0.2) is 46.2 Å². The number of rotatable bonds is 2. The van der Waals surface area contributed by atoms with Crippen molar-refractivity contribution in [3.8, 4) is 6.07 Å². The van der Waals surface area contributed by atoms with E-state index in [0.29, 0.717) is 0 Å². The van der Waals surface area contributed by atoms with Gasteiger partial charge in [-0.15, -0.1) is 0 Å². The van der Waals surface area contributed by atoms with E-state index in [2.05, 4.69) is 0 Å². The molecule has 0 radical (unpaired) electrons. The molecular formula is C12H11NO6S2. The van der Waals surface area contributed by atoms with Crippen molar-refractivity contribution in [2.45, 2.75) is 16.7 Å². The number of fused-ring (bicyclic) bond motifs is 1. The highest BCUT2D eigenvalue weighted by Gasteiger charge is 2.18. The normalized spacial score (nSPS) is 11.3. The topological polar surface area (TPSA) is 133 Å². The van der Waals surface area contributed by atoms with Gasteiger partial charge in [-0.05, 0) is 12.1 Å². The first kappa shape index (κ1) is 17.1. The molecule has 0 heterocycles. The zero-order valence-electron chi connectivity index (χ0n) is 10.8. The van der Waals surface area contributed by atoms with E-state index in [4.69, 9.17) is 14.4 Å². The van der Waals surface area contributed by atoms with Gasteiger partial charge in [0.05, 0.1) is 6.07 Å². The maximum absolute atomic E-state index is 11.2. The number of hydrogen-bond donors (Lipinski definition) is 2. The molecule has 2 rings (SSSR count). The van der Waals surface area contributed by atoms with Gasteiger partial charge in [-0.25, -0.2) is 0 Å². The van der Waals surface area contributed by atoms with Crippen LogP contribution < -0.4 is 0 Å². The van der Waals surface area contributed by atoms with Crippen molar-refractivity contribution in [1.29, 1.82) is 5.26 Å². The van der Waals surface area contributed by atoms with Gasteiger partial charge in [-0.1, -0.05) is 24.3 Å². The van der Waals surface area contributed by atoms with E-state index in [1.165, 1.54) is 31.2 Å². The van der Waals surface area contributed by atoms with E-state index < -0.39 is 30.0 Å². The summed E-state index contributed by atoms with van der Waals surface area (Å²) in [7, 11) is -8.94. The molecule has 112 valence electrons. The Morgan fingerprint density at radius 1 is 0.857 bits per heavy atom. The van der Waals surface area contributed by atoms with Gasteiger partial charge in [-0.3, -0.25) is 9.11 Å². The minimum absolute atomic E-state index is 0.0233. The second kappa shape index (κ2) is 6.19. The lowest BCUT2D eigenvalue weighted by atomic mass is 10.1. The van der Waals surface area contributed by atoms with Gasteiger partial charge in [0, 0.05) is 17.7 Å². The molecule has 2 N–H and O–H groups in total. The summed E-state index contributed by atoms with van der Waals surface area (Å²) >= 11 is 0. The van der Waals surface area contributed by atoms with Crippen molar-refractivity contribution in [2.75, 3.05) is 0 Å². The van der Waals surface area contributed by atoms with E-state index in [9.17, 15) is 16.8 Å². The van der Waals surface area contributed by atoms with Crippen molar-refractivity contribution < 1.29 is 25.9 Å². The van der Waals surface area contributed by atoms with E-state index in [1.807, 2.05) is 0 Å². The summed E-state index contributed by atoms with van der Waals surface area (Å²) in [6.45, 7) is 1.43. The summed E-state index contributed by atoms with van der Waals surface area (Å²) in [5.74, 6) is 0. The molecule has 7 nitrogen and oxygen atoms in total. The first-order valence-corrected chi connectivity index (χ1v) is 8.28. The molecule has 0 amide bonds. The van der Waals surface area contributed by atoms with E-state index in [1.54, 1.807) is 6.07 Å². The molecule has 0 saturated carbocycles. The molecule has 21 heavy (non-hydrogen) atoms. The van der Waals surface area contributed by atoms with Crippen molar-refractivity contribution >= 4 is 31.0 Å². The number of nitriles is 1. The average Bonchev–Trinajstić information content (AvgIpc) is 2.36. The van der Waals surface area contributed by atoms with Gasteiger partial charge < -0.3 is 0 Å². The maximum atomic E-state index is 11.2. The van der Waals surface area contributed by atoms with Crippen molar-refractivity contribution in [3.63, 3.8) is 0 Å². The van der Waals surface area contributed by atoms with Crippen LogP contribution in [0, 0.1) is 11.3 Å². The van der Waals surface area contributed by atoms with Crippen LogP contribution in [-0.2, 0) is 20.2 Å². The third kappa shape index (κ3) is 3.99. The highest BCUT2D eigenvalue weighted by molar-refractivity contribution is 7.86. The lowest BCUT2D eigenvalue weighted by molar-refractivity contribution is 0.481. The van der Waals surface area contributed by atoms with Gasteiger partial charge in [0.15, 0.2) is 0 Å². The molecule has 0 saturated heterocycles. The minimum Gasteiger partial charge on any atom is -0.282 e. The first-order chi connectivity index (χ1) is 9.62. The second-order valence-electron chi connectivity index (χ2n) is 3.78. The van der Waals surface area contributed by atoms with Gasteiger partial charge in [0.2, 0.25) is 0 Å². The zero-order valence-corrected chi connectivity index (χ0v) is 12.4. The van der Waals surface area contributed by atoms with Gasteiger partial charge >= 0.3 is 0 Å². The molecule has 0 spiro atoms. The quantitative estimate of drug-likeness (QED) is 0.803. The van der Waals surface area contributed by atoms with Crippen LogP contribution in [0.4, 0.5) is 0 Å². The summed E-state index contributed by atoms with van der Waals surface area (Å²) in [4.78, 5) is -0.823. The van der Waals surface area contributed by atoms with Crippen molar-refractivity contribution in [1.82, 2.24) is 0 Å². The van der Waals surface area contributed by atoms with Gasteiger partial charge in [0.1, 0.15) is 9.79 Å². The summed E-state index contributed by atoms with van der Waals surface area (Å²) in [6, 6.07) is 9.28. The fourth-order valence-electron chi connectivity index (χ4n) is 1.70. The monoisotopic (exact) mass is 329 g/mol. The SMILES string of the molecule is CC#N.O=S(=O)(O)c1cccc2c(S(=O)(=O)O)cccc12. The highest BCUT2D eigenvalue weighted by atomic mass is 32.2. The van der Waals surface area contributed by atoms with Crippen LogP contribution in [0.5, 0.6) is 0 Å². The fourth-order valence-corrected chi connectivity index (χ4v) is 3.12. The molecule has 0 fully saturated rings. The molecule has 9 heteroatoms. The zero-order chi connectivity index (χ0) is 16.3. The first-order valence-electron chi connectivity index (χ1n) is 5.40. The Morgan fingerprint density at radius 3 is 1.38 bits per heavy atom. The second-order valence-corrected chi connectivity index (χ2v) is 6.56. The van der Waals surface area contributed by atoms with E-state index in [-0.39, 0.29) is 10.8 Å². The predicted molar refractivity (Wildman–Crippen MR) is 74.9 cm³/mol. The molecular weight excluding hydrogens is 318 g/mol. The van der Waals surface area contributed by atoms with Crippen molar-refractivity contribution in [3.05, 3.63) is 36.4 Å². The molecule has 0 aliphatic heterocycles. The Balaban J connectivity index is 0.000000677. The van der Waals surface area contributed by atoms with Crippen LogP contribution in [-0.4, -0.2) is 25.9 Å². The predicted octanol–water partition coefficient (Wildman–Crippen LogP) is 1.86. The summed E-state index contributed by atoms with van der Waals surface area (Å²) in [5, 5.41) is 7.37. The molecule has 0 unspecified atom stereocenters. The smallest absolute Gasteiger partial charge is 0.282 e. The Bertz CT molecular complexity index is 839. The molecule has 0 aliphatic rings. The Kier molecular flexibility index (Phi) is 5.03. The molecule has 0 atom stereocenters. The van der Waals surface area contributed by atoms with Crippen LogP contribution >= 0.6 is 0 Å². The van der Waals surface area contributed by atoms with Gasteiger partial charge in [-0.2, -0.15) is 22.1 Å². The largest absolute Gasteiger partial charge is 0.295 e. The van der Waals surface area contributed by atoms with E-state index in [0.717, 1.165) is 12.1 Å². The summed E-state index contributed by atoms with van der Waals surface area (Å²) in [6.07, 6.45) is 0.